The summed E-state index contributed by atoms with van der Waals surface area (Å²) in [6.45, 7) is 0.160. The summed E-state index contributed by atoms with van der Waals surface area (Å²) in [5, 5.41) is 9.32. The van der Waals surface area contributed by atoms with Crippen molar-refractivity contribution in [3.63, 3.8) is 0 Å². The molecule has 7 heteroatoms. The summed E-state index contributed by atoms with van der Waals surface area (Å²) in [5.41, 5.74) is 0.847. The van der Waals surface area contributed by atoms with Crippen molar-refractivity contribution >= 4 is 23.2 Å². The van der Waals surface area contributed by atoms with Crippen molar-refractivity contribution in [3.05, 3.63) is 56.6 Å². The maximum absolute atomic E-state index is 12.1. The lowest BCUT2D eigenvalue weighted by Crippen LogP contribution is -2.23. The highest BCUT2D eigenvalue weighted by atomic mass is 35.5. The van der Waals surface area contributed by atoms with Crippen LogP contribution in [0.25, 0.3) is 0 Å². The van der Waals surface area contributed by atoms with Crippen molar-refractivity contribution in [3.8, 4) is 11.9 Å². The van der Waals surface area contributed by atoms with Gasteiger partial charge in [0.15, 0.2) is 0 Å². The zero-order valence-corrected chi connectivity index (χ0v) is 12.6. The van der Waals surface area contributed by atoms with Crippen molar-refractivity contribution in [2.45, 2.75) is 12.4 Å². The molecule has 0 amide bonds. The van der Waals surface area contributed by atoms with Gasteiger partial charge in [-0.25, -0.2) is 4.98 Å². The molecular formula is C14H11Cl2N3O2. The minimum absolute atomic E-state index is 0.0684. The lowest BCUT2D eigenvalue weighted by Gasteiger charge is -2.12. The van der Waals surface area contributed by atoms with E-state index in [1.54, 1.807) is 18.3 Å². The third-order valence-corrected chi connectivity index (χ3v) is 3.54. The second-order valence-electron chi connectivity index (χ2n) is 4.17. The van der Waals surface area contributed by atoms with Gasteiger partial charge < -0.3 is 9.30 Å². The van der Waals surface area contributed by atoms with Gasteiger partial charge in [-0.15, -0.1) is 11.6 Å². The minimum atomic E-state index is -0.388. The molecule has 0 bridgehead atoms. The van der Waals surface area contributed by atoms with Crippen LogP contribution in [0.1, 0.15) is 16.8 Å². The van der Waals surface area contributed by atoms with Crippen LogP contribution in [0.15, 0.2) is 29.2 Å². The Balaban J connectivity index is 2.51. The summed E-state index contributed by atoms with van der Waals surface area (Å²) in [7, 11) is 1.48. The Labute approximate surface area is 131 Å². The van der Waals surface area contributed by atoms with Crippen molar-refractivity contribution in [2.24, 2.45) is 0 Å². The van der Waals surface area contributed by atoms with Crippen molar-refractivity contribution in [1.29, 1.82) is 5.26 Å². The molecule has 0 aromatic carbocycles. The number of nitriles is 1. The van der Waals surface area contributed by atoms with E-state index in [9.17, 15) is 4.79 Å². The number of alkyl halides is 1. The molecule has 2 heterocycles. The fourth-order valence-corrected chi connectivity index (χ4v) is 2.49. The monoisotopic (exact) mass is 323 g/mol. The maximum atomic E-state index is 12.1. The van der Waals surface area contributed by atoms with Gasteiger partial charge in [-0.05, 0) is 12.1 Å². The van der Waals surface area contributed by atoms with E-state index in [1.807, 2.05) is 6.07 Å². The summed E-state index contributed by atoms with van der Waals surface area (Å²) >= 11 is 12.0. The first kappa shape index (κ1) is 15.4. The van der Waals surface area contributed by atoms with Gasteiger partial charge in [0.25, 0.3) is 5.56 Å². The van der Waals surface area contributed by atoms with Crippen LogP contribution >= 0.6 is 23.2 Å². The molecule has 0 spiro atoms. The van der Waals surface area contributed by atoms with Crippen molar-refractivity contribution in [2.75, 3.05) is 7.11 Å². The lowest BCUT2D eigenvalue weighted by molar-refractivity contribution is 0.395. The molecule has 2 aromatic rings. The molecule has 108 valence electrons. The highest BCUT2D eigenvalue weighted by Gasteiger charge is 2.13. The minimum Gasteiger partial charge on any atom is -0.481 e. The lowest BCUT2D eigenvalue weighted by atomic mass is 10.2. The van der Waals surface area contributed by atoms with Crippen LogP contribution in [0, 0.1) is 11.3 Å². The zero-order chi connectivity index (χ0) is 15.4. The highest BCUT2D eigenvalue weighted by Crippen LogP contribution is 2.25. The summed E-state index contributed by atoms with van der Waals surface area (Å²) in [4.78, 5) is 16.3. The predicted molar refractivity (Wildman–Crippen MR) is 79.9 cm³/mol. The second-order valence-corrected chi connectivity index (χ2v) is 4.85. The van der Waals surface area contributed by atoms with Crippen LogP contribution in [-0.4, -0.2) is 16.7 Å². The Morgan fingerprint density at radius 1 is 1.52 bits per heavy atom. The van der Waals surface area contributed by atoms with Gasteiger partial charge in [0.1, 0.15) is 11.6 Å². The van der Waals surface area contributed by atoms with Crippen LogP contribution in [-0.2, 0) is 12.4 Å². The zero-order valence-electron chi connectivity index (χ0n) is 11.1. The average Bonchev–Trinajstić information content (AvgIpc) is 2.49. The molecule has 0 fully saturated rings. The quantitative estimate of drug-likeness (QED) is 0.811. The van der Waals surface area contributed by atoms with Gasteiger partial charge in [0, 0.05) is 17.8 Å². The molecule has 0 aliphatic rings. The SMILES string of the molecule is COc1cc(Cl)c(CCl)c(Cn2cccc(C#N)c2=O)n1. The summed E-state index contributed by atoms with van der Waals surface area (Å²) in [6, 6.07) is 6.51. The predicted octanol–water partition coefficient (Wildman–Crippen LogP) is 2.56. The largest absolute Gasteiger partial charge is 0.481 e. The Morgan fingerprint density at radius 3 is 2.90 bits per heavy atom. The number of halogens is 2. The summed E-state index contributed by atoms with van der Waals surface area (Å²) in [5.74, 6) is 0.506. The fourth-order valence-electron chi connectivity index (χ4n) is 1.85. The number of aromatic nitrogens is 2. The van der Waals surface area contributed by atoms with E-state index in [-0.39, 0.29) is 23.5 Å². The van der Waals surface area contributed by atoms with E-state index < -0.39 is 0 Å². The van der Waals surface area contributed by atoms with Crippen LogP contribution in [0.3, 0.4) is 0 Å². The molecule has 2 rings (SSSR count). The molecule has 0 unspecified atom stereocenters. The molecule has 0 aliphatic heterocycles. The Morgan fingerprint density at radius 2 is 2.29 bits per heavy atom. The van der Waals surface area contributed by atoms with Gasteiger partial charge in [-0.2, -0.15) is 5.26 Å². The second kappa shape index (κ2) is 6.61. The number of nitrogens with zero attached hydrogens (tertiary/aromatic N) is 3. The van der Waals surface area contributed by atoms with Crippen molar-refractivity contribution in [1.82, 2.24) is 9.55 Å². The first-order valence-corrected chi connectivity index (χ1v) is 6.89. The van der Waals surface area contributed by atoms with E-state index >= 15 is 0 Å². The molecule has 2 aromatic heterocycles. The topological polar surface area (TPSA) is 67.9 Å². The first-order valence-electron chi connectivity index (χ1n) is 5.98. The smallest absolute Gasteiger partial charge is 0.268 e. The number of rotatable bonds is 4. The Bertz CT molecular complexity index is 766. The number of pyridine rings is 2. The van der Waals surface area contributed by atoms with Gasteiger partial charge in [0.05, 0.1) is 30.3 Å². The van der Waals surface area contributed by atoms with Gasteiger partial charge >= 0.3 is 0 Å². The normalized spacial score (nSPS) is 10.2. The van der Waals surface area contributed by atoms with Crippen molar-refractivity contribution < 1.29 is 4.74 Å². The van der Waals surface area contributed by atoms with E-state index in [2.05, 4.69) is 4.98 Å². The number of hydrogen-bond donors (Lipinski definition) is 0. The average molecular weight is 324 g/mol. The molecule has 21 heavy (non-hydrogen) atoms. The van der Waals surface area contributed by atoms with E-state index in [1.165, 1.54) is 17.7 Å². The third-order valence-electron chi connectivity index (χ3n) is 2.94. The van der Waals surface area contributed by atoms with Crippen LogP contribution < -0.4 is 10.3 Å². The molecule has 0 saturated carbocycles. The maximum Gasteiger partial charge on any atom is 0.268 e. The number of methoxy groups -OCH3 is 1. The number of hydrogen-bond acceptors (Lipinski definition) is 4. The molecule has 0 N–H and O–H groups in total. The van der Waals surface area contributed by atoms with Gasteiger partial charge in [-0.3, -0.25) is 4.79 Å². The Kier molecular flexibility index (Phi) is 4.84. The first-order chi connectivity index (χ1) is 10.1. The highest BCUT2D eigenvalue weighted by molar-refractivity contribution is 6.32. The Hall–Kier alpha value is -2.03. The van der Waals surface area contributed by atoms with Gasteiger partial charge in [0.2, 0.25) is 5.88 Å². The van der Waals surface area contributed by atoms with Crippen LogP contribution in [0.4, 0.5) is 0 Å². The van der Waals surface area contributed by atoms with Gasteiger partial charge in [-0.1, -0.05) is 11.6 Å². The van der Waals surface area contributed by atoms with E-state index in [0.717, 1.165) is 0 Å². The van der Waals surface area contributed by atoms with Crippen LogP contribution in [0.5, 0.6) is 5.88 Å². The standard InChI is InChI=1S/C14H11Cl2N3O2/c1-21-13-5-11(16)10(6-15)12(18-13)8-19-4-2-3-9(7-17)14(19)20/h2-5H,6,8H2,1H3. The summed E-state index contributed by atoms with van der Waals surface area (Å²) in [6.07, 6.45) is 1.58. The molecule has 0 saturated heterocycles. The summed E-state index contributed by atoms with van der Waals surface area (Å²) < 4.78 is 6.45. The third kappa shape index (κ3) is 3.18. The van der Waals surface area contributed by atoms with Crippen LogP contribution in [0.2, 0.25) is 5.02 Å². The molecule has 0 aliphatic carbocycles. The van der Waals surface area contributed by atoms with E-state index in [0.29, 0.717) is 22.2 Å². The number of ether oxygens (including phenoxy) is 1. The fraction of sp³-hybridized carbons (Fsp3) is 0.214. The molecule has 0 atom stereocenters. The molecule has 0 radical (unpaired) electrons. The molecular weight excluding hydrogens is 313 g/mol. The molecule has 5 nitrogen and oxygen atoms in total. The van der Waals surface area contributed by atoms with E-state index in [4.69, 9.17) is 33.2 Å².